The summed E-state index contributed by atoms with van der Waals surface area (Å²) in [6, 6.07) is 5.06. The van der Waals surface area contributed by atoms with Crippen LogP contribution in [-0.4, -0.2) is 18.2 Å². The second kappa shape index (κ2) is 8.25. The van der Waals surface area contributed by atoms with Gasteiger partial charge in [0.25, 0.3) is 0 Å². The van der Waals surface area contributed by atoms with Crippen LogP contribution in [0.15, 0.2) is 23.3 Å². The smallest absolute Gasteiger partial charge is 0.240 e. The Kier molecular flexibility index (Phi) is 6.33. The van der Waals surface area contributed by atoms with E-state index in [0.717, 1.165) is 18.6 Å². The normalized spacial score (nSPS) is 14.1. The topological polar surface area (TPSA) is 50.7 Å². The second-order valence-electron chi connectivity index (χ2n) is 4.95. The Labute approximate surface area is 134 Å². The summed E-state index contributed by atoms with van der Waals surface area (Å²) in [5.74, 6) is 0.493. The van der Waals surface area contributed by atoms with Gasteiger partial charge in [-0.1, -0.05) is 23.2 Å². The van der Waals surface area contributed by atoms with Gasteiger partial charge < -0.3 is 4.74 Å². The maximum Gasteiger partial charge on any atom is 0.240 e. The van der Waals surface area contributed by atoms with E-state index in [-0.39, 0.29) is 5.91 Å². The van der Waals surface area contributed by atoms with E-state index in [9.17, 15) is 4.79 Å². The number of nitrogens with zero attached hydrogens (tertiary/aromatic N) is 1. The van der Waals surface area contributed by atoms with Gasteiger partial charge in [0.2, 0.25) is 5.91 Å². The average Bonchev–Trinajstić information content (AvgIpc) is 2.96. The first-order chi connectivity index (χ1) is 10.1. The van der Waals surface area contributed by atoms with Gasteiger partial charge in [-0.2, -0.15) is 5.10 Å². The Balaban J connectivity index is 1.64. The summed E-state index contributed by atoms with van der Waals surface area (Å²) in [4.78, 5) is 11.6. The number of nitrogens with one attached hydrogen (secondary N) is 1. The molecule has 1 saturated carbocycles. The molecule has 2 rings (SSSR count). The highest BCUT2D eigenvalue weighted by atomic mass is 35.5. The Morgan fingerprint density at radius 3 is 2.76 bits per heavy atom. The third kappa shape index (κ3) is 5.56. The zero-order valence-corrected chi connectivity index (χ0v) is 13.2. The van der Waals surface area contributed by atoms with Gasteiger partial charge in [0, 0.05) is 17.2 Å². The fraction of sp³-hybridized carbons (Fsp3) is 0.467. The van der Waals surface area contributed by atoms with E-state index in [1.807, 2.05) is 0 Å². The van der Waals surface area contributed by atoms with E-state index in [1.54, 1.807) is 18.2 Å². The van der Waals surface area contributed by atoms with E-state index in [1.165, 1.54) is 12.8 Å². The molecule has 0 aromatic heterocycles. The minimum Gasteiger partial charge on any atom is -0.492 e. The number of ether oxygens (including phenoxy) is 1. The van der Waals surface area contributed by atoms with Gasteiger partial charge in [-0.3, -0.25) is 4.79 Å². The third-order valence-corrected chi connectivity index (χ3v) is 3.75. The van der Waals surface area contributed by atoms with Crippen LogP contribution in [0.3, 0.4) is 0 Å². The molecule has 0 aliphatic heterocycles. The van der Waals surface area contributed by atoms with E-state index >= 15 is 0 Å². The third-order valence-electron chi connectivity index (χ3n) is 3.22. The molecule has 0 heterocycles. The van der Waals surface area contributed by atoms with E-state index in [0.29, 0.717) is 35.2 Å². The van der Waals surface area contributed by atoms with Crippen LogP contribution < -0.4 is 10.2 Å². The lowest BCUT2D eigenvalue weighted by Crippen LogP contribution is -2.19. The van der Waals surface area contributed by atoms with Crippen molar-refractivity contribution in [1.29, 1.82) is 0 Å². The minimum atomic E-state index is -0.0831. The predicted octanol–water partition coefficient (Wildman–Crippen LogP) is 4.20. The highest BCUT2D eigenvalue weighted by Gasteiger charge is 2.09. The lowest BCUT2D eigenvalue weighted by Gasteiger charge is -2.07. The summed E-state index contributed by atoms with van der Waals surface area (Å²) in [5, 5.41) is 5.16. The molecule has 4 nitrogen and oxygen atoms in total. The predicted molar refractivity (Wildman–Crippen MR) is 85.2 cm³/mol. The number of carbonyl (C=O) groups is 1. The van der Waals surface area contributed by atoms with Gasteiger partial charge in [-0.15, -0.1) is 0 Å². The van der Waals surface area contributed by atoms with Crippen LogP contribution in [0.2, 0.25) is 10.0 Å². The Morgan fingerprint density at radius 1 is 1.29 bits per heavy atom. The summed E-state index contributed by atoms with van der Waals surface area (Å²) in [6.07, 6.45) is 5.32. The highest BCUT2D eigenvalue weighted by Crippen LogP contribution is 2.27. The summed E-state index contributed by atoms with van der Waals surface area (Å²) in [6.45, 7) is 0.422. The van der Waals surface area contributed by atoms with E-state index < -0.39 is 0 Å². The molecule has 0 spiro atoms. The van der Waals surface area contributed by atoms with Gasteiger partial charge >= 0.3 is 0 Å². The number of hydrogen-bond acceptors (Lipinski definition) is 3. The fourth-order valence-electron chi connectivity index (χ4n) is 2.10. The molecule has 1 aliphatic carbocycles. The lowest BCUT2D eigenvalue weighted by molar-refractivity contribution is -0.121. The van der Waals surface area contributed by atoms with Crippen molar-refractivity contribution in [2.24, 2.45) is 5.10 Å². The SMILES string of the molecule is O=C(CCCOc1ccc(Cl)cc1Cl)NN=C1CCCC1. The number of hydrazone groups is 1. The number of amides is 1. The van der Waals surface area contributed by atoms with Crippen LogP contribution in [0.5, 0.6) is 5.75 Å². The molecule has 21 heavy (non-hydrogen) atoms. The first-order valence-electron chi connectivity index (χ1n) is 7.07. The van der Waals surface area contributed by atoms with Crippen LogP contribution in [0.1, 0.15) is 38.5 Å². The molecule has 6 heteroatoms. The van der Waals surface area contributed by atoms with Gasteiger partial charge in [0.05, 0.1) is 11.6 Å². The first-order valence-corrected chi connectivity index (χ1v) is 7.83. The van der Waals surface area contributed by atoms with Crippen molar-refractivity contribution in [3.05, 3.63) is 28.2 Å². The monoisotopic (exact) mass is 328 g/mol. The molecule has 0 unspecified atom stereocenters. The molecule has 1 aromatic rings. The zero-order chi connectivity index (χ0) is 15.1. The number of hydrogen-bond donors (Lipinski definition) is 1. The van der Waals surface area contributed by atoms with Crippen LogP contribution in [0.25, 0.3) is 0 Å². The number of rotatable bonds is 6. The Morgan fingerprint density at radius 2 is 2.05 bits per heavy atom. The maximum atomic E-state index is 11.6. The second-order valence-corrected chi connectivity index (χ2v) is 5.79. The first kappa shape index (κ1) is 16.1. The summed E-state index contributed by atoms with van der Waals surface area (Å²) in [5.41, 5.74) is 3.68. The van der Waals surface area contributed by atoms with Crippen molar-refractivity contribution in [2.45, 2.75) is 38.5 Å². The van der Waals surface area contributed by atoms with E-state index in [2.05, 4.69) is 10.5 Å². The van der Waals surface area contributed by atoms with Gasteiger partial charge in [-0.05, 0) is 50.3 Å². The average molecular weight is 329 g/mol. The Hall–Kier alpha value is -1.26. The molecule has 1 fully saturated rings. The van der Waals surface area contributed by atoms with Gasteiger partial charge in [0.15, 0.2) is 0 Å². The molecular weight excluding hydrogens is 311 g/mol. The molecular formula is C15H18Cl2N2O2. The summed E-state index contributed by atoms with van der Waals surface area (Å²) < 4.78 is 5.51. The van der Waals surface area contributed by atoms with Crippen molar-refractivity contribution >= 4 is 34.8 Å². The summed E-state index contributed by atoms with van der Waals surface area (Å²) >= 11 is 11.8. The lowest BCUT2D eigenvalue weighted by atomic mass is 10.3. The van der Waals surface area contributed by atoms with Crippen molar-refractivity contribution < 1.29 is 9.53 Å². The highest BCUT2D eigenvalue weighted by molar-refractivity contribution is 6.35. The summed E-state index contributed by atoms with van der Waals surface area (Å²) in [7, 11) is 0. The van der Waals surface area contributed by atoms with Crippen molar-refractivity contribution in [3.8, 4) is 5.75 Å². The molecule has 1 aromatic carbocycles. The quantitative estimate of drug-likeness (QED) is 0.628. The zero-order valence-electron chi connectivity index (χ0n) is 11.7. The van der Waals surface area contributed by atoms with Crippen LogP contribution in [0.4, 0.5) is 0 Å². The van der Waals surface area contributed by atoms with Crippen molar-refractivity contribution in [2.75, 3.05) is 6.61 Å². The van der Waals surface area contributed by atoms with Gasteiger partial charge in [-0.25, -0.2) is 5.43 Å². The van der Waals surface area contributed by atoms with Crippen LogP contribution >= 0.6 is 23.2 Å². The molecule has 114 valence electrons. The fourth-order valence-corrected chi connectivity index (χ4v) is 2.56. The maximum absolute atomic E-state index is 11.6. The molecule has 1 amide bonds. The standard InChI is InChI=1S/C15H18Cl2N2O2/c16-11-7-8-14(13(17)10-11)21-9-3-6-15(20)19-18-12-4-1-2-5-12/h7-8,10H,1-6,9H2,(H,19,20). The van der Waals surface area contributed by atoms with E-state index in [4.69, 9.17) is 27.9 Å². The van der Waals surface area contributed by atoms with Crippen molar-refractivity contribution in [3.63, 3.8) is 0 Å². The van der Waals surface area contributed by atoms with Crippen LogP contribution in [0, 0.1) is 0 Å². The van der Waals surface area contributed by atoms with Gasteiger partial charge in [0.1, 0.15) is 5.75 Å². The Bertz CT molecular complexity index is 524. The minimum absolute atomic E-state index is 0.0831. The molecule has 0 atom stereocenters. The molecule has 1 N–H and O–H groups in total. The number of carbonyl (C=O) groups excluding carboxylic acids is 1. The van der Waals surface area contributed by atoms with Crippen LogP contribution in [-0.2, 0) is 4.79 Å². The largest absolute Gasteiger partial charge is 0.492 e. The van der Waals surface area contributed by atoms with Crippen molar-refractivity contribution in [1.82, 2.24) is 5.43 Å². The molecule has 0 saturated heterocycles. The number of benzene rings is 1. The number of halogens is 2. The molecule has 0 radical (unpaired) electrons. The molecule has 1 aliphatic rings. The molecule has 0 bridgehead atoms.